The molecule has 0 aliphatic carbocycles. The summed E-state index contributed by atoms with van der Waals surface area (Å²) in [7, 11) is 3.15. The van der Waals surface area contributed by atoms with Crippen LogP contribution in [-0.2, 0) is 15.1 Å². The first-order valence-corrected chi connectivity index (χ1v) is 9.86. The van der Waals surface area contributed by atoms with Crippen LogP contribution in [0.5, 0.6) is 11.5 Å². The number of carboxylic acid groups (broad SMARTS) is 1. The standard InChI is InChI=1S/C23H22N2O5/c1-29-17-9-5-7-13(20(17)30-2)15-12-25-18(26)10-11-23(25,22(27)28)21-19(15)14-6-3-4-8-16(14)24-21/h3-9,15,24H,10-12H2,1-2H3,(H,27,28)/p-1/t15-,23-/m1/s1. The first-order valence-electron chi connectivity index (χ1n) is 9.86. The minimum absolute atomic E-state index is 0.171. The number of amides is 1. The molecule has 1 fully saturated rings. The Bertz CT molecular complexity index is 1180. The van der Waals surface area contributed by atoms with Gasteiger partial charge in [-0.2, -0.15) is 0 Å². The number of aromatic amines is 1. The Morgan fingerprint density at radius 3 is 2.70 bits per heavy atom. The maximum Gasteiger partial charge on any atom is 0.223 e. The molecule has 2 aliphatic rings. The SMILES string of the molecule is COc1cccc([C@H]2CN3C(=O)CC[C@]3(C(=O)[O-])c3[nH]c4ccccc4c32)c1OC. The van der Waals surface area contributed by atoms with Gasteiger partial charge in [-0.3, -0.25) is 4.79 Å². The van der Waals surface area contributed by atoms with Crippen molar-refractivity contribution >= 4 is 22.8 Å². The number of fused-ring (bicyclic) bond motifs is 5. The molecule has 0 saturated carbocycles. The van der Waals surface area contributed by atoms with Crippen LogP contribution in [0.2, 0.25) is 0 Å². The lowest BCUT2D eigenvalue weighted by atomic mass is 9.77. The molecule has 5 rings (SSSR count). The average molecular weight is 405 g/mol. The largest absolute Gasteiger partial charge is 0.547 e. The monoisotopic (exact) mass is 405 g/mol. The zero-order chi connectivity index (χ0) is 21.0. The molecule has 1 N–H and O–H groups in total. The Balaban J connectivity index is 1.84. The molecule has 7 nitrogen and oxygen atoms in total. The minimum Gasteiger partial charge on any atom is -0.547 e. The Morgan fingerprint density at radius 2 is 1.97 bits per heavy atom. The van der Waals surface area contributed by atoms with Crippen molar-refractivity contribution in [2.45, 2.75) is 24.3 Å². The summed E-state index contributed by atoms with van der Waals surface area (Å²) in [5.74, 6) is -0.557. The van der Waals surface area contributed by atoms with Crippen LogP contribution in [0.4, 0.5) is 0 Å². The maximum absolute atomic E-state index is 12.8. The number of para-hydroxylation sites is 2. The third kappa shape index (κ3) is 2.26. The lowest BCUT2D eigenvalue weighted by molar-refractivity contribution is -0.319. The lowest BCUT2D eigenvalue weighted by Gasteiger charge is -2.46. The van der Waals surface area contributed by atoms with E-state index in [-0.39, 0.29) is 31.2 Å². The van der Waals surface area contributed by atoms with E-state index >= 15 is 0 Å². The fourth-order valence-electron chi connectivity index (χ4n) is 5.17. The summed E-state index contributed by atoms with van der Waals surface area (Å²) in [5, 5.41) is 13.4. The zero-order valence-corrected chi connectivity index (χ0v) is 16.7. The number of H-pyrrole nitrogens is 1. The van der Waals surface area contributed by atoms with E-state index in [1.165, 1.54) is 4.90 Å². The molecule has 1 aromatic heterocycles. The summed E-state index contributed by atoms with van der Waals surface area (Å²) in [6.07, 6.45) is 0.362. The molecular weight excluding hydrogens is 384 g/mol. The van der Waals surface area contributed by atoms with E-state index in [1.54, 1.807) is 14.2 Å². The third-order valence-corrected chi connectivity index (χ3v) is 6.48. The molecule has 1 saturated heterocycles. The highest BCUT2D eigenvalue weighted by molar-refractivity contribution is 5.96. The molecule has 2 aromatic carbocycles. The van der Waals surface area contributed by atoms with Crippen LogP contribution in [-0.4, -0.2) is 42.5 Å². The number of nitrogens with one attached hydrogen (secondary N) is 1. The number of rotatable bonds is 4. The first-order chi connectivity index (χ1) is 14.5. The van der Waals surface area contributed by atoms with Gasteiger partial charge >= 0.3 is 0 Å². The number of carboxylic acids is 1. The van der Waals surface area contributed by atoms with Crippen molar-refractivity contribution in [3.63, 3.8) is 0 Å². The summed E-state index contributed by atoms with van der Waals surface area (Å²) in [6.45, 7) is 0.227. The van der Waals surface area contributed by atoms with E-state index < -0.39 is 11.5 Å². The predicted molar refractivity (Wildman–Crippen MR) is 107 cm³/mol. The Morgan fingerprint density at radius 1 is 1.17 bits per heavy atom. The Hall–Kier alpha value is -3.48. The van der Waals surface area contributed by atoms with Gasteiger partial charge in [0.05, 0.1) is 25.9 Å². The van der Waals surface area contributed by atoms with Crippen LogP contribution in [0, 0.1) is 0 Å². The van der Waals surface area contributed by atoms with Crippen molar-refractivity contribution in [2.75, 3.05) is 20.8 Å². The first kappa shape index (κ1) is 18.5. The van der Waals surface area contributed by atoms with E-state index in [2.05, 4.69) is 4.98 Å². The van der Waals surface area contributed by atoms with Gasteiger partial charge in [0.1, 0.15) is 5.54 Å². The van der Waals surface area contributed by atoms with Crippen LogP contribution in [0.15, 0.2) is 42.5 Å². The number of hydrogen-bond acceptors (Lipinski definition) is 5. The minimum atomic E-state index is -1.48. The summed E-state index contributed by atoms with van der Waals surface area (Å²) in [4.78, 5) is 30.0. The van der Waals surface area contributed by atoms with E-state index in [0.717, 1.165) is 22.0 Å². The maximum atomic E-state index is 12.8. The number of nitrogens with zero attached hydrogens (tertiary/aromatic N) is 1. The van der Waals surface area contributed by atoms with Crippen molar-refractivity contribution < 1.29 is 24.2 Å². The van der Waals surface area contributed by atoms with E-state index in [4.69, 9.17) is 9.47 Å². The van der Waals surface area contributed by atoms with Gasteiger partial charge in [0.2, 0.25) is 5.91 Å². The molecule has 3 heterocycles. The topological polar surface area (TPSA) is 94.7 Å². The van der Waals surface area contributed by atoms with Crippen molar-refractivity contribution in [3.05, 3.63) is 59.3 Å². The van der Waals surface area contributed by atoms with Crippen molar-refractivity contribution in [3.8, 4) is 11.5 Å². The number of carbonyl (C=O) groups excluding carboxylic acids is 2. The van der Waals surface area contributed by atoms with Gasteiger partial charge in [0.15, 0.2) is 11.5 Å². The second-order valence-corrected chi connectivity index (χ2v) is 7.75. The van der Waals surface area contributed by atoms with Gasteiger partial charge in [0.25, 0.3) is 0 Å². The molecule has 0 bridgehead atoms. The Kier molecular flexibility index (Phi) is 4.03. The molecule has 7 heteroatoms. The van der Waals surface area contributed by atoms with E-state index in [1.807, 2.05) is 42.5 Å². The highest BCUT2D eigenvalue weighted by Gasteiger charge is 2.55. The number of aliphatic carboxylic acids is 1. The highest BCUT2D eigenvalue weighted by Crippen LogP contribution is 2.52. The fraction of sp³-hybridized carbons (Fsp3) is 0.304. The van der Waals surface area contributed by atoms with Crippen molar-refractivity contribution in [2.24, 2.45) is 0 Å². The molecule has 154 valence electrons. The quantitative estimate of drug-likeness (QED) is 0.715. The van der Waals surface area contributed by atoms with Crippen LogP contribution in [0.1, 0.15) is 35.6 Å². The van der Waals surface area contributed by atoms with E-state index in [0.29, 0.717) is 17.2 Å². The Labute approximate surface area is 173 Å². The number of aromatic nitrogens is 1. The number of benzene rings is 2. The zero-order valence-electron chi connectivity index (χ0n) is 16.7. The predicted octanol–water partition coefficient (Wildman–Crippen LogP) is 1.90. The van der Waals surface area contributed by atoms with Gasteiger partial charge in [-0.15, -0.1) is 0 Å². The van der Waals surface area contributed by atoms with Gasteiger partial charge in [-0.1, -0.05) is 30.3 Å². The second kappa shape index (κ2) is 6.52. The van der Waals surface area contributed by atoms with Crippen LogP contribution >= 0.6 is 0 Å². The molecule has 2 atom stereocenters. The fourth-order valence-corrected chi connectivity index (χ4v) is 5.17. The lowest BCUT2D eigenvalue weighted by Crippen LogP contribution is -2.59. The number of methoxy groups -OCH3 is 2. The van der Waals surface area contributed by atoms with Gasteiger partial charge < -0.3 is 29.3 Å². The molecule has 0 spiro atoms. The normalized spacial score (nSPS) is 22.7. The third-order valence-electron chi connectivity index (χ3n) is 6.48. The van der Waals surface area contributed by atoms with Crippen LogP contribution < -0.4 is 14.6 Å². The summed E-state index contributed by atoms with van der Waals surface area (Å²) >= 11 is 0. The van der Waals surface area contributed by atoms with E-state index in [9.17, 15) is 14.7 Å². The number of ether oxygens (including phenoxy) is 2. The summed E-state index contributed by atoms with van der Waals surface area (Å²) < 4.78 is 11.1. The molecule has 2 aliphatic heterocycles. The summed E-state index contributed by atoms with van der Waals surface area (Å²) in [6, 6.07) is 13.3. The molecule has 1 amide bonds. The molecule has 0 radical (unpaired) electrons. The second-order valence-electron chi connectivity index (χ2n) is 7.75. The molecule has 30 heavy (non-hydrogen) atoms. The molecule has 0 unspecified atom stereocenters. The smallest absolute Gasteiger partial charge is 0.223 e. The summed E-state index contributed by atoms with van der Waals surface area (Å²) in [5.41, 5.74) is 1.59. The van der Waals surface area contributed by atoms with Gasteiger partial charge in [0, 0.05) is 35.3 Å². The van der Waals surface area contributed by atoms with Crippen LogP contribution in [0.3, 0.4) is 0 Å². The van der Waals surface area contributed by atoms with Gasteiger partial charge in [-0.25, -0.2) is 0 Å². The number of carbonyl (C=O) groups is 2. The van der Waals surface area contributed by atoms with Gasteiger partial charge in [-0.05, 0) is 24.1 Å². The van der Waals surface area contributed by atoms with Crippen molar-refractivity contribution in [1.29, 1.82) is 0 Å². The number of hydrogen-bond donors (Lipinski definition) is 1. The average Bonchev–Trinajstić information content (AvgIpc) is 3.31. The highest BCUT2D eigenvalue weighted by atomic mass is 16.5. The molecule has 3 aromatic rings. The van der Waals surface area contributed by atoms with Crippen LogP contribution in [0.25, 0.3) is 10.9 Å². The molecular formula is C23H21N2O5-. The van der Waals surface area contributed by atoms with Crippen molar-refractivity contribution in [1.82, 2.24) is 9.88 Å².